The molecule has 0 radical (unpaired) electrons. The lowest BCUT2D eigenvalue weighted by molar-refractivity contribution is 0.546. The van der Waals surface area contributed by atoms with E-state index in [1.165, 1.54) is 4.88 Å². The molecule has 0 fully saturated rings. The molecular weight excluding hydrogens is 325 g/mol. The van der Waals surface area contributed by atoms with Crippen LogP contribution in [0.5, 0.6) is 0 Å². The van der Waals surface area contributed by atoms with E-state index in [4.69, 9.17) is 0 Å². The summed E-state index contributed by atoms with van der Waals surface area (Å²) in [5.41, 5.74) is 0.799. The Labute approximate surface area is 126 Å². The lowest BCUT2D eigenvalue weighted by Crippen LogP contribution is -2.23. The van der Waals surface area contributed by atoms with Gasteiger partial charge in [0.25, 0.3) is 0 Å². The first kappa shape index (κ1) is 14.7. The maximum absolute atomic E-state index is 13.9. The SMILES string of the molecule is CCNCC(Cc1cc(Br)cs1)c1ccccc1F. The molecule has 1 N–H and O–H groups in total. The molecule has 2 aromatic rings. The predicted octanol–water partition coefficient (Wildman–Crippen LogP) is 4.59. The average molecular weight is 342 g/mol. The zero-order chi connectivity index (χ0) is 13.7. The Bertz CT molecular complexity index is 526. The van der Waals surface area contributed by atoms with Crippen LogP contribution >= 0.6 is 27.3 Å². The first-order valence-electron chi connectivity index (χ1n) is 6.38. The van der Waals surface area contributed by atoms with Gasteiger partial charge in [0.1, 0.15) is 5.82 Å². The molecule has 0 aliphatic carbocycles. The summed E-state index contributed by atoms with van der Waals surface area (Å²) in [6, 6.07) is 9.19. The molecule has 4 heteroatoms. The van der Waals surface area contributed by atoms with Crippen molar-refractivity contribution in [2.24, 2.45) is 0 Å². The number of thiophene rings is 1. The fraction of sp³-hybridized carbons (Fsp3) is 0.333. The van der Waals surface area contributed by atoms with Crippen LogP contribution in [0, 0.1) is 5.82 Å². The molecule has 0 aliphatic heterocycles. The van der Waals surface area contributed by atoms with Gasteiger partial charge in [0.2, 0.25) is 0 Å². The molecule has 1 aromatic carbocycles. The van der Waals surface area contributed by atoms with E-state index in [-0.39, 0.29) is 11.7 Å². The van der Waals surface area contributed by atoms with Gasteiger partial charge in [-0.2, -0.15) is 0 Å². The van der Waals surface area contributed by atoms with Crippen molar-refractivity contribution in [1.82, 2.24) is 5.32 Å². The number of nitrogens with one attached hydrogen (secondary N) is 1. The smallest absolute Gasteiger partial charge is 0.126 e. The number of benzene rings is 1. The van der Waals surface area contributed by atoms with E-state index in [1.54, 1.807) is 23.5 Å². The molecule has 19 heavy (non-hydrogen) atoms. The highest BCUT2D eigenvalue weighted by Gasteiger charge is 2.16. The second-order valence-corrected chi connectivity index (χ2v) is 6.37. The van der Waals surface area contributed by atoms with Gasteiger partial charge in [-0.25, -0.2) is 4.39 Å². The summed E-state index contributed by atoms with van der Waals surface area (Å²) in [6.45, 7) is 3.77. The van der Waals surface area contributed by atoms with Gasteiger partial charge in [0.15, 0.2) is 0 Å². The Balaban J connectivity index is 2.18. The van der Waals surface area contributed by atoms with Gasteiger partial charge in [-0.15, -0.1) is 11.3 Å². The molecular formula is C15H17BrFNS. The minimum absolute atomic E-state index is 0.110. The van der Waals surface area contributed by atoms with Crippen LogP contribution in [-0.4, -0.2) is 13.1 Å². The predicted molar refractivity (Wildman–Crippen MR) is 83.4 cm³/mol. The maximum atomic E-state index is 13.9. The van der Waals surface area contributed by atoms with Gasteiger partial charge in [0, 0.05) is 27.2 Å². The van der Waals surface area contributed by atoms with Crippen LogP contribution in [0.2, 0.25) is 0 Å². The Kier molecular flexibility index (Phi) is 5.55. The summed E-state index contributed by atoms with van der Waals surface area (Å²) in [6.07, 6.45) is 0.865. The minimum Gasteiger partial charge on any atom is -0.316 e. The third kappa shape index (κ3) is 4.13. The second-order valence-electron chi connectivity index (χ2n) is 4.46. The van der Waals surface area contributed by atoms with Gasteiger partial charge in [-0.1, -0.05) is 25.1 Å². The van der Waals surface area contributed by atoms with E-state index in [0.717, 1.165) is 29.5 Å². The normalized spacial score (nSPS) is 12.6. The number of halogens is 2. The highest BCUT2D eigenvalue weighted by atomic mass is 79.9. The van der Waals surface area contributed by atoms with Crippen molar-refractivity contribution in [2.45, 2.75) is 19.3 Å². The third-order valence-corrected chi connectivity index (χ3v) is 4.78. The lowest BCUT2D eigenvalue weighted by atomic mass is 9.94. The molecule has 0 bridgehead atoms. The molecule has 0 spiro atoms. The summed E-state index contributed by atoms with van der Waals surface area (Å²) in [5, 5.41) is 5.40. The summed E-state index contributed by atoms with van der Waals surface area (Å²) in [5.74, 6) is 0.0627. The van der Waals surface area contributed by atoms with Crippen molar-refractivity contribution in [2.75, 3.05) is 13.1 Å². The standard InChI is InChI=1S/C15H17BrFNS/c1-2-18-9-11(7-13-8-12(16)10-19-13)14-5-3-4-6-15(14)17/h3-6,8,10-11,18H,2,7,9H2,1H3. The first-order chi connectivity index (χ1) is 9.20. The quantitative estimate of drug-likeness (QED) is 0.810. The summed E-state index contributed by atoms with van der Waals surface area (Å²) in [7, 11) is 0. The fourth-order valence-corrected chi connectivity index (χ4v) is 3.65. The maximum Gasteiger partial charge on any atom is 0.126 e. The zero-order valence-electron chi connectivity index (χ0n) is 10.8. The highest BCUT2D eigenvalue weighted by Crippen LogP contribution is 2.27. The van der Waals surface area contributed by atoms with Gasteiger partial charge < -0.3 is 5.32 Å². The van der Waals surface area contributed by atoms with Gasteiger partial charge in [0.05, 0.1) is 0 Å². The molecule has 1 heterocycles. The van der Waals surface area contributed by atoms with E-state index >= 15 is 0 Å². The van der Waals surface area contributed by atoms with Crippen LogP contribution in [0.3, 0.4) is 0 Å². The molecule has 1 nitrogen and oxygen atoms in total. The summed E-state index contributed by atoms with van der Waals surface area (Å²) < 4.78 is 15.0. The molecule has 1 aromatic heterocycles. The van der Waals surface area contributed by atoms with E-state index in [9.17, 15) is 4.39 Å². The van der Waals surface area contributed by atoms with Crippen molar-refractivity contribution in [3.8, 4) is 0 Å². The van der Waals surface area contributed by atoms with Gasteiger partial charge in [-0.05, 0) is 46.6 Å². The monoisotopic (exact) mass is 341 g/mol. The van der Waals surface area contributed by atoms with Crippen LogP contribution in [0.4, 0.5) is 4.39 Å². The van der Waals surface area contributed by atoms with E-state index in [2.05, 4.69) is 39.6 Å². The molecule has 0 amide bonds. The molecule has 102 valence electrons. The molecule has 1 unspecified atom stereocenters. The molecule has 2 rings (SSSR count). The summed E-state index contributed by atoms with van der Waals surface area (Å²) in [4.78, 5) is 1.28. The van der Waals surface area contributed by atoms with E-state index in [1.807, 2.05) is 12.1 Å². The molecule has 0 saturated carbocycles. The third-order valence-electron chi connectivity index (χ3n) is 3.06. The fourth-order valence-electron chi connectivity index (χ4n) is 2.12. The zero-order valence-corrected chi connectivity index (χ0v) is 13.2. The largest absolute Gasteiger partial charge is 0.316 e. The first-order valence-corrected chi connectivity index (χ1v) is 8.06. The van der Waals surface area contributed by atoms with Crippen molar-refractivity contribution >= 4 is 27.3 Å². The Hall–Kier alpha value is -0.710. The Morgan fingerprint density at radius 1 is 1.37 bits per heavy atom. The van der Waals surface area contributed by atoms with Crippen molar-refractivity contribution in [1.29, 1.82) is 0 Å². The molecule has 1 atom stereocenters. The van der Waals surface area contributed by atoms with E-state index in [0.29, 0.717) is 0 Å². The van der Waals surface area contributed by atoms with Crippen LogP contribution in [-0.2, 0) is 6.42 Å². The minimum atomic E-state index is -0.110. The van der Waals surface area contributed by atoms with Crippen molar-refractivity contribution in [3.63, 3.8) is 0 Å². The van der Waals surface area contributed by atoms with Crippen molar-refractivity contribution < 1.29 is 4.39 Å². The number of rotatable bonds is 6. The Morgan fingerprint density at radius 3 is 2.79 bits per heavy atom. The van der Waals surface area contributed by atoms with Crippen LogP contribution in [0.15, 0.2) is 40.2 Å². The average Bonchev–Trinajstić information content (AvgIpc) is 2.81. The van der Waals surface area contributed by atoms with Gasteiger partial charge >= 0.3 is 0 Å². The topological polar surface area (TPSA) is 12.0 Å². The molecule has 0 saturated heterocycles. The second kappa shape index (κ2) is 7.17. The highest BCUT2D eigenvalue weighted by molar-refractivity contribution is 9.10. The lowest BCUT2D eigenvalue weighted by Gasteiger charge is -2.17. The van der Waals surface area contributed by atoms with E-state index < -0.39 is 0 Å². The van der Waals surface area contributed by atoms with Gasteiger partial charge in [-0.3, -0.25) is 0 Å². The van der Waals surface area contributed by atoms with Crippen LogP contribution in [0.25, 0.3) is 0 Å². The molecule has 0 aliphatic rings. The number of hydrogen-bond donors (Lipinski definition) is 1. The van der Waals surface area contributed by atoms with Crippen LogP contribution < -0.4 is 5.32 Å². The number of hydrogen-bond acceptors (Lipinski definition) is 2. The van der Waals surface area contributed by atoms with Crippen molar-refractivity contribution in [3.05, 3.63) is 56.4 Å². The number of likely N-dealkylation sites (N-methyl/N-ethyl adjacent to an activating group) is 1. The van der Waals surface area contributed by atoms with Crippen LogP contribution in [0.1, 0.15) is 23.3 Å². The Morgan fingerprint density at radius 2 is 2.16 bits per heavy atom. The summed E-state index contributed by atoms with van der Waals surface area (Å²) >= 11 is 5.18.